The van der Waals surface area contributed by atoms with Crippen molar-refractivity contribution in [1.82, 2.24) is 9.13 Å². The lowest BCUT2D eigenvalue weighted by molar-refractivity contribution is 0.592. The molecule has 3 nitrogen and oxygen atoms in total. The summed E-state index contributed by atoms with van der Waals surface area (Å²) >= 11 is 0. The molecular formula is C54H37N2OP. The minimum absolute atomic E-state index is 0.826. The van der Waals surface area contributed by atoms with Gasteiger partial charge in [0.05, 0.1) is 22.1 Å². The van der Waals surface area contributed by atoms with Crippen LogP contribution >= 0.6 is 7.14 Å². The number of hydrogen-bond acceptors (Lipinski definition) is 1. The predicted molar refractivity (Wildman–Crippen MR) is 245 cm³/mol. The summed E-state index contributed by atoms with van der Waals surface area (Å²) in [6.45, 7) is 0. The maximum absolute atomic E-state index is 15.0. The van der Waals surface area contributed by atoms with E-state index in [2.05, 4.69) is 161 Å². The van der Waals surface area contributed by atoms with Crippen LogP contribution in [0.1, 0.15) is 0 Å². The molecule has 9 aromatic carbocycles. The molecule has 11 aromatic rings. The first kappa shape index (κ1) is 34.1. The van der Waals surface area contributed by atoms with Crippen LogP contribution in [0, 0.1) is 0 Å². The van der Waals surface area contributed by atoms with Gasteiger partial charge in [-0.25, -0.2) is 0 Å². The molecule has 0 spiro atoms. The molecule has 0 aliphatic heterocycles. The van der Waals surface area contributed by atoms with Gasteiger partial charge >= 0.3 is 0 Å². The van der Waals surface area contributed by atoms with Crippen molar-refractivity contribution in [2.75, 3.05) is 0 Å². The number of para-hydroxylation sites is 3. The molecule has 0 amide bonds. The standard InChI is InChI=1S/C54H37N2OP/c57-58(44-19-6-2-7-20-44,45-21-8-3-9-22-45)46-31-27-38(28-32-46)40-29-33-54-49(36-40)48-24-11-13-26-52(48)56(54)43-18-14-15-39(35-43)41-30-34-53-50(37-41)47-23-10-12-25-51(47)55(53)42-16-4-1-5-17-42/h1-37H. The van der Waals surface area contributed by atoms with Crippen LogP contribution in [0.3, 0.4) is 0 Å². The molecule has 2 heterocycles. The zero-order chi connectivity index (χ0) is 38.6. The summed E-state index contributed by atoms with van der Waals surface area (Å²) in [7, 11) is -3.06. The molecule has 4 heteroatoms. The van der Waals surface area contributed by atoms with Gasteiger partial charge in [0, 0.05) is 48.8 Å². The van der Waals surface area contributed by atoms with E-state index in [0.29, 0.717) is 0 Å². The number of benzene rings is 9. The van der Waals surface area contributed by atoms with Crippen molar-refractivity contribution in [3.8, 4) is 33.6 Å². The average molecular weight is 761 g/mol. The Morgan fingerprint density at radius 2 is 0.672 bits per heavy atom. The lowest BCUT2D eigenvalue weighted by Gasteiger charge is -2.20. The quantitative estimate of drug-likeness (QED) is 0.149. The topological polar surface area (TPSA) is 26.9 Å². The molecule has 58 heavy (non-hydrogen) atoms. The summed E-state index contributed by atoms with van der Waals surface area (Å²) in [4.78, 5) is 0. The Kier molecular flexibility index (Phi) is 8.10. The second-order valence-electron chi connectivity index (χ2n) is 14.9. The summed E-state index contributed by atoms with van der Waals surface area (Å²) in [6, 6.07) is 78.5. The Labute approximate surface area is 337 Å². The van der Waals surface area contributed by atoms with E-state index in [9.17, 15) is 4.57 Å². The Morgan fingerprint density at radius 3 is 1.24 bits per heavy atom. The molecule has 0 bridgehead atoms. The average Bonchev–Trinajstić information content (AvgIpc) is 3.82. The molecule has 0 saturated carbocycles. The second-order valence-corrected chi connectivity index (χ2v) is 17.6. The second kappa shape index (κ2) is 13.8. The fourth-order valence-corrected chi connectivity index (χ4v) is 11.5. The number of hydrogen-bond donors (Lipinski definition) is 0. The van der Waals surface area contributed by atoms with E-state index in [1.54, 1.807) is 0 Å². The highest BCUT2D eigenvalue weighted by molar-refractivity contribution is 7.85. The molecule has 0 unspecified atom stereocenters. The highest BCUT2D eigenvalue weighted by Gasteiger charge is 2.29. The fraction of sp³-hybridized carbons (Fsp3) is 0. The van der Waals surface area contributed by atoms with Gasteiger partial charge in [-0.15, -0.1) is 0 Å². The Bertz CT molecular complexity index is 3300. The molecule has 0 saturated heterocycles. The van der Waals surface area contributed by atoms with Crippen molar-refractivity contribution < 1.29 is 4.57 Å². The highest BCUT2D eigenvalue weighted by Crippen LogP contribution is 2.43. The Morgan fingerprint density at radius 1 is 0.276 bits per heavy atom. The molecular weight excluding hydrogens is 724 g/mol. The molecule has 0 aliphatic carbocycles. The van der Waals surface area contributed by atoms with E-state index in [0.717, 1.165) is 49.4 Å². The van der Waals surface area contributed by atoms with Gasteiger partial charge in [-0.2, -0.15) is 0 Å². The third kappa shape index (κ3) is 5.47. The third-order valence-corrected chi connectivity index (χ3v) is 14.7. The SMILES string of the molecule is O=P(c1ccccc1)(c1ccccc1)c1ccc(-c2ccc3c(c2)c2ccccc2n3-c2cccc(-c3ccc4c(c3)c3ccccc3n4-c3ccccc3)c2)cc1. The van der Waals surface area contributed by atoms with Gasteiger partial charge in [-0.1, -0.05) is 164 Å². The first-order valence-corrected chi connectivity index (χ1v) is 21.4. The van der Waals surface area contributed by atoms with Crippen LogP contribution in [0.4, 0.5) is 0 Å². The Hall–Kier alpha value is -7.19. The molecule has 0 N–H and O–H groups in total. The van der Waals surface area contributed by atoms with E-state index in [4.69, 9.17) is 0 Å². The fourth-order valence-electron chi connectivity index (χ4n) is 8.85. The van der Waals surface area contributed by atoms with Crippen molar-refractivity contribution in [1.29, 1.82) is 0 Å². The zero-order valence-electron chi connectivity index (χ0n) is 31.6. The largest absolute Gasteiger partial charge is 0.309 e. The number of aromatic nitrogens is 2. The first-order chi connectivity index (χ1) is 28.6. The molecule has 11 rings (SSSR count). The maximum Gasteiger partial charge on any atom is 0.171 e. The van der Waals surface area contributed by atoms with Crippen molar-refractivity contribution >= 4 is 66.7 Å². The number of nitrogens with zero attached hydrogens (tertiary/aromatic N) is 2. The van der Waals surface area contributed by atoms with E-state index in [1.807, 2.05) is 72.8 Å². The van der Waals surface area contributed by atoms with E-state index in [-0.39, 0.29) is 0 Å². The van der Waals surface area contributed by atoms with Crippen LogP contribution < -0.4 is 15.9 Å². The van der Waals surface area contributed by atoms with Gasteiger partial charge in [0.25, 0.3) is 0 Å². The van der Waals surface area contributed by atoms with E-state index >= 15 is 0 Å². The van der Waals surface area contributed by atoms with E-state index in [1.165, 1.54) is 43.7 Å². The zero-order valence-corrected chi connectivity index (χ0v) is 32.5. The van der Waals surface area contributed by atoms with Crippen LogP contribution in [0.15, 0.2) is 224 Å². The predicted octanol–water partition coefficient (Wildman–Crippen LogP) is 12.9. The lowest BCUT2D eigenvalue weighted by atomic mass is 10.0. The van der Waals surface area contributed by atoms with Gasteiger partial charge in [-0.05, 0) is 82.9 Å². The van der Waals surface area contributed by atoms with Crippen LogP contribution in [-0.4, -0.2) is 9.13 Å². The first-order valence-electron chi connectivity index (χ1n) is 19.7. The number of fused-ring (bicyclic) bond motifs is 6. The van der Waals surface area contributed by atoms with E-state index < -0.39 is 7.14 Å². The monoisotopic (exact) mass is 760 g/mol. The molecule has 2 aromatic heterocycles. The molecule has 0 atom stereocenters. The highest BCUT2D eigenvalue weighted by atomic mass is 31.2. The van der Waals surface area contributed by atoms with Gasteiger partial charge in [-0.3, -0.25) is 0 Å². The maximum atomic E-state index is 15.0. The molecule has 274 valence electrons. The van der Waals surface area contributed by atoms with Crippen LogP contribution in [0.25, 0.3) is 77.2 Å². The van der Waals surface area contributed by atoms with Crippen LogP contribution in [0.2, 0.25) is 0 Å². The summed E-state index contributed by atoms with van der Waals surface area (Å²) < 4.78 is 19.7. The third-order valence-electron chi connectivity index (χ3n) is 11.6. The van der Waals surface area contributed by atoms with Crippen LogP contribution in [0.5, 0.6) is 0 Å². The normalized spacial score (nSPS) is 11.9. The molecule has 0 aliphatic rings. The smallest absolute Gasteiger partial charge is 0.171 e. The van der Waals surface area contributed by atoms with Crippen LogP contribution in [-0.2, 0) is 4.57 Å². The summed E-state index contributed by atoms with van der Waals surface area (Å²) in [6.07, 6.45) is 0. The van der Waals surface area contributed by atoms with Gasteiger partial charge in [0.1, 0.15) is 0 Å². The van der Waals surface area contributed by atoms with Gasteiger partial charge in [0.2, 0.25) is 0 Å². The van der Waals surface area contributed by atoms with Gasteiger partial charge in [0.15, 0.2) is 7.14 Å². The minimum atomic E-state index is -3.06. The lowest BCUT2D eigenvalue weighted by Crippen LogP contribution is -2.24. The summed E-state index contributed by atoms with van der Waals surface area (Å²) in [5.74, 6) is 0. The van der Waals surface area contributed by atoms with Crippen molar-refractivity contribution in [3.63, 3.8) is 0 Å². The van der Waals surface area contributed by atoms with Gasteiger partial charge < -0.3 is 13.7 Å². The Balaban J connectivity index is 0.992. The summed E-state index contributed by atoms with van der Waals surface area (Å²) in [5, 5.41) is 7.38. The molecule has 0 radical (unpaired) electrons. The van der Waals surface area contributed by atoms with Crippen molar-refractivity contribution in [2.24, 2.45) is 0 Å². The van der Waals surface area contributed by atoms with Crippen molar-refractivity contribution in [3.05, 3.63) is 224 Å². The summed E-state index contributed by atoms with van der Waals surface area (Å²) in [5.41, 5.74) is 11.5. The molecule has 0 fully saturated rings. The number of rotatable bonds is 7. The van der Waals surface area contributed by atoms with Crippen molar-refractivity contribution in [2.45, 2.75) is 0 Å². The minimum Gasteiger partial charge on any atom is -0.309 e.